The van der Waals surface area contributed by atoms with Crippen LogP contribution in [0.15, 0.2) is 12.3 Å². The number of hydrogen-bond acceptors (Lipinski definition) is 5. The molecule has 130 valence electrons. The first kappa shape index (κ1) is 17.9. The highest BCUT2D eigenvalue weighted by atomic mass is 35.5. The molecule has 1 fully saturated rings. The lowest BCUT2D eigenvalue weighted by Crippen LogP contribution is -2.29. The molecule has 0 aliphatic heterocycles. The van der Waals surface area contributed by atoms with Crippen LogP contribution in [0, 0.1) is 11.3 Å². The van der Waals surface area contributed by atoms with E-state index in [1.165, 1.54) is 18.3 Å². The molecule has 0 spiro atoms. The highest BCUT2D eigenvalue weighted by Gasteiger charge is 2.54. The molecular formula is C14H7Cl2F3N4OS. The van der Waals surface area contributed by atoms with Gasteiger partial charge in [-0.3, -0.25) is 9.78 Å². The Morgan fingerprint density at radius 2 is 2.08 bits per heavy atom. The second-order valence-electron chi connectivity index (χ2n) is 5.33. The van der Waals surface area contributed by atoms with Crippen LogP contribution in [-0.2, 0) is 16.4 Å². The molecule has 0 saturated heterocycles. The van der Waals surface area contributed by atoms with Gasteiger partial charge in [-0.05, 0) is 18.9 Å². The number of rotatable bonds is 3. The molecule has 0 bridgehead atoms. The number of carbonyl (C=O) groups excluding carboxylic acids is 1. The number of nitrogens with one attached hydrogen (secondary N) is 1. The molecule has 0 aromatic carbocycles. The minimum absolute atomic E-state index is 0.202. The monoisotopic (exact) mass is 406 g/mol. The van der Waals surface area contributed by atoms with Gasteiger partial charge in [-0.2, -0.15) is 18.4 Å². The molecule has 11 heteroatoms. The largest absolute Gasteiger partial charge is 0.435 e. The standard InChI is InChI=1S/C14H7Cl2F3N4OS/c15-6-3-7(16)9(21-5-6)13(1-2-13)11(24)23-12-22-10(14(17,18)19)8(4-20)25-12/h3,5H,1-2H2,(H,22,23,24). The molecule has 2 aromatic heterocycles. The molecule has 25 heavy (non-hydrogen) atoms. The molecule has 0 atom stereocenters. The average molecular weight is 407 g/mol. The first-order valence-electron chi connectivity index (χ1n) is 6.78. The lowest BCUT2D eigenvalue weighted by Gasteiger charge is -2.15. The average Bonchev–Trinajstić information content (AvgIpc) is 3.20. The smallest absolute Gasteiger partial charge is 0.301 e. The zero-order valence-corrected chi connectivity index (χ0v) is 14.4. The van der Waals surface area contributed by atoms with E-state index in [9.17, 15) is 18.0 Å². The van der Waals surface area contributed by atoms with Crippen LogP contribution < -0.4 is 5.32 Å². The van der Waals surface area contributed by atoms with Crippen LogP contribution in [-0.4, -0.2) is 15.9 Å². The van der Waals surface area contributed by atoms with Crippen molar-refractivity contribution < 1.29 is 18.0 Å². The summed E-state index contributed by atoms with van der Waals surface area (Å²) in [5.74, 6) is -0.573. The lowest BCUT2D eigenvalue weighted by molar-refractivity contribution is -0.140. The quantitative estimate of drug-likeness (QED) is 0.818. The maximum absolute atomic E-state index is 12.8. The zero-order chi connectivity index (χ0) is 18.4. The summed E-state index contributed by atoms with van der Waals surface area (Å²) in [7, 11) is 0. The molecule has 5 nitrogen and oxygen atoms in total. The number of nitrogens with zero attached hydrogens (tertiary/aromatic N) is 3. The molecule has 0 radical (unpaired) electrons. The van der Waals surface area contributed by atoms with E-state index < -0.39 is 28.1 Å². The molecule has 1 saturated carbocycles. The van der Waals surface area contributed by atoms with E-state index >= 15 is 0 Å². The van der Waals surface area contributed by atoms with E-state index in [1.807, 2.05) is 0 Å². The van der Waals surface area contributed by atoms with Gasteiger partial charge in [0.1, 0.15) is 10.9 Å². The summed E-state index contributed by atoms with van der Waals surface area (Å²) >= 11 is 12.3. The Balaban J connectivity index is 1.88. The molecule has 1 aliphatic carbocycles. The normalized spacial score (nSPS) is 15.5. The molecule has 3 rings (SSSR count). The summed E-state index contributed by atoms with van der Waals surface area (Å²) in [6.45, 7) is 0. The van der Waals surface area contributed by atoms with Crippen LogP contribution in [0.2, 0.25) is 10.0 Å². The van der Waals surface area contributed by atoms with E-state index in [0.717, 1.165) is 0 Å². The summed E-state index contributed by atoms with van der Waals surface area (Å²) in [6.07, 6.45) is -2.55. The van der Waals surface area contributed by atoms with Gasteiger partial charge in [0.25, 0.3) is 0 Å². The fourth-order valence-corrected chi connectivity index (χ4v) is 3.66. The maximum Gasteiger partial charge on any atom is 0.435 e. The molecule has 2 aromatic rings. The van der Waals surface area contributed by atoms with Crippen molar-refractivity contribution in [2.24, 2.45) is 0 Å². The lowest BCUT2D eigenvalue weighted by atomic mass is 10.0. The van der Waals surface area contributed by atoms with E-state index in [1.54, 1.807) is 0 Å². The van der Waals surface area contributed by atoms with Gasteiger partial charge in [0, 0.05) is 6.20 Å². The number of aromatic nitrogens is 2. The van der Waals surface area contributed by atoms with Crippen molar-refractivity contribution in [2.75, 3.05) is 5.32 Å². The number of anilines is 1. The van der Waals surface area contributed by atoms with Crippen LogP contribution in [0.25, 0.3) is 0 Å². The number of nitriles is 1. The molecular weight excluding hydrogens is 400 g/mol. The first-order valence-corrected chi connectivity index (χ1v) is 8.36. The third-order valence-corrected chi connectivity index (χ3v) is 5.03. The van der Waals surface area contributed by atoms with Gasteiger partial charge in [0.05, 0.1) is 21.2 Å². The fraction of sp³-hybridized carbons (Fsp3) is 0.286. The SMILES string of the molecule is N#Cc1sc(NC(=O)C2(c3ncc(Cl)cc3Cl)CC2)nc1C(F)(F)F. The van der Waals surface area contributed by atoms with Crippen LogP contribution in [0.3, 0.4) is 0 Å². The maximum atomic E-state index is 12.8. The van der Waals surface area contributed by atoms with Crippen molar-refractivity contribution in [3.8, 4) is 6.07 Å². The van der Waals surface area contributed by atoms with E-state index in [4.69, 9.17) is 28.5 Å². The minimum atomic E-state index is -4.77. The molecule has 1 aliphatic rings. The predicted molar refractivity (Wildman–Crippen MR) is 85.6 cm³/mol. The van der Waals surface area contributed by atoms with E-state index in [-0.39, 0.29) is 10.2 Å². The fourth-order valence-electron chi connectivity index (χ4n) is 2.32. The minimum Gasteiger partial charge on any atom is -0.301 e. The van der Waals surface area contributed by atoms with Gasteiger partial charge in [0.15, 0.2) is 10.8 Å². The first-order chi connectivity index (χ1) is 11.7. The second kappa shape index (κ2) is 6.12. The summed E-state index contributed by atoms with van der Waals surface area (Å²) in [5.41, 5.74) is -2.04. The van der Waals surface area contributed by atoms with Crippen molar-refractivity contribution in [3.05, 3.63) is 38.6 Å². The van der Waals surface area contributed by atoms with Gasteiger partial charge < -0.3 is 5.32 Å². The number of thiazole rings is 1. The number of hydrogen-bond donors (Lipinski definition) is 1. The summed E-state index contributed by atoms with van der Waals surface area (Å²) in [5, 5.41) is 11.4. The summed E-state index contributed by atoms with van der Waals surface area (Å²) < 4.78 is 38.5. The Labute approximate surface area is 153 Å². The van der Waals surface area contributed by atoms with Crippen LogP contribution in [0.1, 0.15) is 29.1 Å². The predicted octanol–water partition coefficient (Wildman–Crippen LogP) is 4.41. The second-order valence-corrected chi connectivity index (χ2v) is 7.17. The van der Waals surface area contributed by atoms with Crippen molar-refractivity contribution in [3.63, 3.8) is 0 Å². The number of amides is 1. The van der Waals surface area contributed by atoms with E-state index in [0.29, 0.717) is 34.9 Å². The van der Waals surface area contributed by atoms with Crippen LogP contribution >= 0.6 is 34.5 Å². The number of alkyl halides is 3. The van der Waals surface area contributed by atoms with E-state index in [2.05, 4.69) is 15.3 Å². The van der Waals surface area contributed by atoms with Crippen molar-refractivity contribution in [1.29, 1.82) is 5.26 Å². The Bertz CT molecular complexity index is 902. The third-order valence-electron chi connectivity index (χ3n) is 3.66. The van der Waals surface area contributed by atoms with Gasteiger partial charge in [-0.15, -0.1) is 0 Å². The van der Waals surface area contributed by atoms with Gasteiger partial charge in [-0.1, -0.05) is 34.5 Å². The van der Waals surface area contributed by atoms with Gasteiger partial charge >= 0.3 is 6.18 Å². The molecule has 1 amide bonds. The van der Waals surface area contributed by atoms with Crippen molar-refractivity contribution in [1.82, 2.24) is 9.97 Å². The van der Waals surface area contributed by atoms with Crippen LogP contribution in [0.5, 0.6) is 0 Å². The Kier molecular flexibility index (Phi) is 4.39. The van der Waals surface area contributed by atoms with Crippen molar-refractivity contribution >= 4 is 45.6 Å². The molecule has 1 N–H and O–H groups in total. The Morgan fingerprint density at radius 1 is 1.40 bits per heavy atom. The highest BCUT2D eigenvalue weighted by molar-refractivity contribution is 7.16. The van der Waals surface area contributed by atoms with Crippen molar-refractivity contribution in [2.45, 2.75) is 24.4 Å². The van der Waals surface area contributed by atoms with Gasteiger partial charge in [-0.25, -0.2) is 4.98 Å². The number of pyridine rings is 1. The Morgan fingerprint density at radius 3 is 2.56 bits per heavy atom. The number of carbonyl (C=O) groups is 1. The Hall–Kier alpha value is -1.89. The topological polar surface area (TPSA) is 78.7 Å². The molecule has 2 heterocycles. The van der Waals surface area contributed by atoms with Crippen LogP contribution in [0.4, 0.5) is 18.3 Å². The summed E-state index contributed by atoms with van der Waals surface area (Å²) in [4.78, 5) is 19.3. The zero-order valence-electron chi connectivity index (χ0n) is 12.1. The highest BCUT2D eigenvalue weighted by Crippen LogP contribution is 2.50. The number of halogens is 5. The van der Waals surface area contributed by atoms with Gasteiger partial charge in [0.2, 0.25) is 5.91 Å². The molecule has 0 unspecified atom stereocenters. The summed E-state index contributed by atoms with van der Waals surface area (Å²) in [6, 6.07) is 2.88. The third kappa shape index (κ3) is 3.29.